The van der Waals surface area contributed by atoms with Crippen LogP contribution in [0.5, 0.6) is 0 Å². The summed E-state index contributed by atoms with van der Waals surface area (Å²) < 4.78 is 0. The van der Waals surface area contributed by atoms with Crippen LogP contribution in [0.1, 0.15) is 39.5 Å². The van der Waals surface area contributed by atoms with Gasteiger partial charge in [-0.05, 0) is 37.5 Å². The van der Waals surface area contributed by atoms with Crippen molar-refractivity contribution in [2.24, 2.45) is 11.8 Å². The van der Waals surface area contributed by atoms with Crippen molar-refractivity contribution in [3.8, 4) is 0 Å². The molecule has 0 radical (unpaired) electrons. The minimum Gasteiger partial charge on any atom is -0.393 e. The molecule has 0 aromatic rings. The summed E-state index contributed by atoms with van der Waals surface area (Å²) in [7, 11) is 0. The van der Waals surface area contributed by atoms with E-state index in [9.17, 15) is 5.11 Å². The topological polar surface area (TPSA) is 20.2 Å². The van der Waals surface area contributed by atoms with E-state index in [1.54, 1.807) is 0 Å². The molecule has 0 saturated heterocycles. The fraction of sp³-hybridized carbons (Fsp3) is 0.818. The Morgan fingerprint density at radius 1 is 1.50 bits per heavy atom. The van der Waals surface area contributed by atoms with Crippen molar-refractivity contribution in [3.05, 3.63) is 12.2 Å². The average molecular weight is 168 g/mol. The molecule has 0 amide bonds. The van der Waals surface area contributed by atoms with E-state index in [-0.39, 0.29) is 6.10 Å². The summed E-state index contributed by atoms with van der Waals surface area (Å²) in [5, 5.41) is 9.52. The molecule has 0 aliphatic heterocycles. The summed E-state index contributed by atoms with van der Waals surface area (Å²) >= 11 is 0. The maximum atomic E-state index is 9.52. The Hall–Kier alpha value is -0.300. The summed E-state index contributed by atoms with van der Waals surface area (Å²) in [6, 6.07) is 0. The highest BCUT2D eigenvalue weighted by Gasteiger charge is 2.30. The molecular formula is C11H20O. The van der Waals surface area contributed by atoms with Crippen LogP contribution in [0.3, 0.4) is 0 Å². The Labute approximate surface area is 75.5 Å². The molecule has 0 spiro atoms. The van der Waals surface area contributed by atoms with E-state index >= 15 is 0 Å². The molecule has 1 heteroatoms. The van der Waals surface area contributed by atoms with Gasteiger partial charge in [-0.25, -0.2) is 0 Å². The number of aliphatic hydroxyl groups excluding tert-OH is 1. The van der Waals surface area contributed by atoms with Crippen LogP contribution in [0.25, 0.3) is 0 Å². The van der Waals surface area contributed by atoms with Gasteiger partial charge >= 0.3 is 0 Å². The van der Waals surface area contributed by atoms with Crippen LogP contribution in [0, 0.1) is 11.8 Å². The zero-order chi connectivity index (χ0) is 9.14. The number of allylic oxidation sites excluding steroid dienone is 1. The van der Waals surface area contributed by atoms with Crippen molar-refractivity contribution in [3.63, 3.8) is 0 Å². The van der Waals surface area contributed by atoms with Gasteiger partial charge in [-0.1, -0.05) is 26.0 Å². The van der Waals surface area contributed by atoms with Crippen LogP contribution in [0.15, 0.2) is 12.2 Å². The number of hydrogen-bond acceptors (Lipinski definition) is 1. The van der Waals surface area contributed by atoms with Gasteiger partial charge in [0.25, 0.3) is 0 Å². The molecule has 1 fully saturated rings. The van der Waals surface area contributed by atoms with Gasteiger partial charge in [0.05, 0.1) is 6.10 Å². The normalized spacial score (nSPS) is 35.4. The lowest BCUT2D eigenvalue weighted by atomic mass is 9.90. The Morgan fingerprint density at radius 2 is 2.17 bits per heavy atom. The third kappa shape index (κ3) is 2.10. The smallest absolute Gasteiger partial charge is 0.0568 e. The van der Waals surface area contributed by atoms with E-state index in [4.69, 9.17) is 0 Å². The fourth-order valence-corrected chi connectivity index (χ4v) is 2.03. The lowest BCUT2D eigenvalue weighted by Crippen LogP contribution is -2.15. The van der Waals surface area contributed by atoms with E-state index in [0.29, 0.717) is 11.8 Å². The number of aliphatic hydroxyl groups is 1. The first-order valence-electron chi connectivity index (χ1n) is 4.99. The van der Waals surface area contributed by atoms with Gasteiger partial charge in [0, 0.05) is 0 Å². The van der Waals surface area contributed by atoms with Gasteiger partial charge < -0.3 is 5.11 Å². The van der Waals surface area contributed by atoms with Crippen molar-refractivity contribution in [2.75, 3.05) is 0 Å². The first-order chi connectivity index (χ1) is 5.65. The lowest BCUT2D eigenvalue weighted by molar-refractivity contribution is 0.127. The van der Waals surface area contributed by atoms with Gasteiger partial charge in [-0.3, -0.25) is 0 Å². The summed E-state index contributed by atoms with van der Waals surface area (Å²) in [6.07, 6.45) is 4.32. The highest BCUT2D eigenvalue weighted by molar-refractivity contribution is 4.97. The molecule has 12 heavy (non-hydrogen) atoms. The summed E-state index contributed by atoms with van der Waals surface area (Å²) in [6.45, 7) is 8.32. The van der Waals surface area contributed by atoms with Gasteiger partial charge in [-0.15, -0.1) is 0 Å². The van der Waals surface area contributed by atoms with Gasteiger partial charge in [0.15, 0.2) is 0 Å². The molecule has 0 aromatic carbocycles. The molecule has 1 N–H and O–H groups in total. The zero-order valence-corrected chi connectivity index (χ0v) is 8.21. The van der Waals surface area contributed by atoms with Crippen molar-refractivity contribution in [1.29, 1.82) is 0 Å². The average Bonchev–Trinajstić information content (AvgIpc) is 2.36. The quantitative estimate of drug-likeness (QED) is 0.642. The summed E-state index contributed by atoms with van der Waals surface area (Å²) in [5.41, 5.74) is 1.33. The van der Waals surface area contributed by atoms with Crippen LogP contribution in [0.2, 0.25) is 0 Å². The van der Waals surface area contributed by atoms with Gasteiger partial charge in [0.2, 0.25) is 0 Å². The Bertz CT molecular complexity index is 162. The second-order valence-electron chi connectivity index (χ2n) is 4.07. The Balaban J connectivity index is 2.38. The van der Waals surface area contributed by atoms with Gasteiger partial charge in [-0.2, -0.15) is 0 Å². The minimum absolute atomic E-state index is 0.0559. The third-order valence-corrected chi connectivity index (χ3v) is 3.23. The van der Waals surface area contributed by atoms with Crippen LogP contribution >= 0.6 is 0 Å². The largest absolute Gasteiger partial charge is 0.393 e. The second kappa shape index (κ2) is 4.08. The lowest BCUT2D eigenvalue weighted by Gasteiger charge is -2.17. The molecule has 1 aliphatic carbocycles. The van der Waals surface area contributed by atoms with E-state index in [1.807, 2.05) is 0 Å². The zero-order valence-electron chi connectivity index (χ0n) is 8.21. The van der Waals surface area contributed by atoms with E-state index < -0.39 is 0 Å². The van der Waals surface area contributed by atoms with Crippen LogP contribution in [-0.2, 0) is 0 Å². The van der Waals surface area contributed by atoms with Crippen LogP contribution in [0.4, 0.5) is 0 Å². The molecule has 3 unspecified atom stereocenters. The molecule has 0 aromatic heterocycles. The van der Waals surface area contributed by atoms with Gasteiger partial charge in [0.1, 0.15) is 0 Å². The molecular weight excluding hydrogens is 148 g/mol. The predicted molar refractivity (Wildman–Crippen MR) is 51.9 cm³/mol. The molecule has 3 atom stereocenters. The summed E-state index contributed by atoms with van der Waals surface area (Å²) in [4.78, 5) is 0. The maximum absolute atomic E-state index is 9.52. The Morgan fingerprint density at radius 3 is 2.58 bits per heavy atom. The van der Waals surface area contributed by atoms with E-state index in [2.05, 4.69) is 20.4 Å². The predicted octanol–water partition coefficient (Wildman–Crippen LogP) is 2.75. The standard InChI is InChI=1S/C11H20O/c1-4-8(2)7-10-5-6-11(12)9(10)3/h9-12H,2,4-7H2,1,3H3. The fourth-order valence-electron chi connectivity index (χ4n) is 2.03. The molecule has 0 heterocycles. The first kappa shape index (κ1) is 9.79. The van der Waals surface area contributed by atoms with Crippen LogP contribution in [-0.4, -0.2) is 11.2 Å². The molecule has 0 bridgehead atoms. The highest BCUT2D eigenvalue weighted by atomic mass is 16.3. The van der Waals surface area contributed by atoms with E-state index in [1.165, 1.54) is 12.0 Å². The van der Waals surface area contributed by atoms with Crippen LogP contribution < -0.4 is 0 Å². The first-order valence-corrected chi connectivity index (χ1v) is 4.99. The number of hydrogen-bond donors (Lipinski definition) is 1. The SMILES string of the molecule is C=C(CC)CC1CCC(O)C1C. The molecule has 1 nitrogen and oxygen atoms in total. The Kier molecular flexibility index (Phi) is 3.33. The molecule has 1 aliphatic rings. The molecule has 1 saturated carbocycles. The van der Waals surface area contributed by atoms with Crippen molar-refractivity contribution in [2.45, 2.75) is 45.6 Å². The maximum Gasteiger partial charge on any atom is 0.0568 e. The van der Waals surface area contributed by atoms with Crippen molar-refractivity contribution in [1.82, 2.24) is 0 Å². The van der Waals surface area contributed by atoms with Crippen molar-refractivity contribution >= 4 is 0 Å². The second-order valence-corrected chi connectivity index (χ2v) is 4.07. The van der Waals surface area contributed by atoms with E-state index in [0.717, 1.165) is 19.3 Å². The monoisotopic (exact) mass is 168 g/mol. The molecule has 70 valence electrons. The third-order valence-electron chi connectivity index (χ3n) is 3.23. The highest BCUT2D eigenvalue weighted by Crippen LogP contribution is 2.35. The minimum atomic E-state index is -0.0559. The number of rotatable bonds is 3. The summed E-state index contributed by atoms with van der Waals surface area (Å²) in [5.74, 6) is 1.17. The molecule has 1 rings (SSSR count). The van der Waals surface area contributed by atoms with Crippen molar-refractivity contribution < 1.29 is 5.11 Å².